The fourth-order valence-corrected chi connectivity index (χ4v) is 1.85. The summed E-state index contributed by atoms with van der Waals surface area (Å²) >= 11 is 3.39. The van der Waals surface area contributed by atoms with Crippen LogP contribution in [0.4, 0.5) is 5.69 Å². The van der Waals surface area contributed by atoms with Crippen molar-refractivity contribution in [2.24, 2.45) is 0 Å². The third-order valence-corrected chi connectivity index (χ3v) is 3.01. The molecule has 0 bridgehead atoms. The number of rotatable bonds is 0. The Balaban J connectivity index is 3.54. The molecule has 1 aromatic rings. The van der Waals surface area contributed by atoms with Crippen LogP contribution in [0.3, 0.4) is 0 Å². The molecule has 2 nitrogen and oxygen atoms in total. The molecular formula is C9H10BrN2+. The number of benzene rings is 1. The molecule has 1 aromatic carbocycles. The van der Waals surface area contributed by atoms with Gasteiger partial charge in [-0.25, -0.2) is 0 Å². The first-order valence-corrected chi connectivity index (χ1v) is 4.48. The Morgan fingerprint density at radius 3 is 2.33 bits per heavy atom. The topological polar surface area (TPSA) is 28.1 Å². The average molecular weight is 226 g/mol. The van der Waals surface area contributed by atoms with Gasteiger partial charge in [0.25, 0.3) is 0 Å². The molecule has 0 aromatic heterocycles. The fraction of sp³-hybridized carbons (Fsp3) is 0.333. The number of diazo groups is 1. The van der Waals surface area contributed by atoms with Crippen molar-refractivity contribution >= 4 is 21.6 Å². The summed E-state index contributed by atoms with van der Waals surface area (Å²) in [7, 11) is 0. The highest BCUT2D eigenvalue weighted by atomic mass is 79.9. The van der Waals surface area contributed by atoms with E-state index in [2.05, 4.69) is 20.9 Å². The third kappa shape index (κ3) is 1.35. The summed E-state index contributed by atoms with van der Waals surface area (Å²) in [6.07, 6.45) is 0. The van der Waals surface area contributed by atoms with Crippen molar-refractivity contribution in [1.29, 1.82) is 5.39 Å². The van der Waals surface area contributed by atoms with Gasteiger partial charge in [0.2, 0.25) is 5.39 Å². The van der Waals surface area contributed by atoms with Gasteiger partial charge in [-0.15, -0.1) is 0 Å². The Morgan fingerprint density at radius 2 is 1.83 bits per heavy atom. The van der Waals surface area contributed by atoms with Crippen molar-refractivity contribution in [3.63, 3.8) is 0 Å². The molecule has 12 heavy (non-hydrogen) atoms. The van der Waals surface area contributed by atoms with Gasteiger partial charge in [0.15, 0.2) is 4.98 Å². The molecule has 0 spiro atoms. The lowest BCUT2D eigenvalue weighted by Crippen LogP contribution is -1.85. The van der Waals surface area contributed by atoms with E-state index >= 15 is 0 Å². The Hall–Kier alpha value is -0.880. The van der Waals surface area contributed by atoms with Crippen molar-refractivity contribution in [2.75, 3.05) is 0 Å². The molecule has 0 fully saturated rings. The second-order valence-corrected chi connectivity index (χ2v) is 3.69. The van der Waals surface area contributed by atoms with Gasteiger partial charge >= 0.3 is 5.69 Å². The summed E-state index contributed by atoms with van der Waals surface area (Å²) in [4.78, 5) is 3.22. The van der Waals surface area contributed by atoms with Crippen molar-refractivity contribution in [3.05, 3.63) is 32.2 Å². The predicted octanol–water partition coefficient (Wildman–Crippen LogP) is 3.86. The molecule has 0 heterocycles. The van der Waals surface area contributed by atoms with E-state index in [1.54, 1.807) is 0 Å². The van der Waals surface area contributed by atoms with Crippen LogP contribution in [0, 0.1) is 26.2 Å². The zero-order chi connectivity index (χ0) is 9.30. The Kier molecular flexibility index (Phi) is 2.49. The summed E-state index contributed by atoms with van der Waals surface area (Å²) in [5.74, 6) is 0. The van der Waals surface area contributed by atoms with Crippen molar-refractivity contribution < 1.29 is 0 Å². The maximum Gasteiger partial charge on any atom is 0.402 e. The van der Waals surface area contributed by atoms with E-state index in [0.717, 1.165) is 15.6 Å². The van der Waals surface area contributed by atoms with E-state index in [9.17, 15) is 0 Å². The summed E-state index contributed by atoms with van der Waals surface area (Å²) in [6.45, 7) is 5.95. The number of hydrogen-bond donors (Lipinski definition) is 0. The number of halogens is 1. The van der Waals surface area contributed by atoms with Crippen LogP contribution in [0.25, 0.3) is 4.98 Å². The lowest BCUT2D eigenvalue weighted by Gasteiger charge is -2.00. The molecule has 0 amide bonds. The number of nitrogens with zero attached hydrogens (tertiary/aromatic N) is 2. The third-order valence-electron chi connectivity index (χ3n) is 2.04. The lowest BCUT2D eigenvalue weighted by atomic mass is 10.1. The zero-order valence-corrected chi connectivity index (χ0v) is 8.94. The summed E-state index contributed by atoms with van der Waals surface area (Å²) < 4.78 is 0.877. The van der Waals surface area contributed by atoms with Crippen molar-refractivity contribution in [2.45, 2.75) is 20.8 Å². The monoisotopic (exact) mass is 225 g/mol. The molecule has 0 atom stereocenters. The summed E-state index contributed by atoms with van der Waals surface area (Å²) in [5, 5.41) is 8.71. The van der Waals surface area contributed by atoms with Gasteiger partial charge in [-0.05, 0) is 53.9 Å². The van der Waals surface area contributed by atoms with Gasteiger partial charge in [-0.1, -0.05) is 0 Å². The molecule has 62 valence electrons. The normalized spacial score (nSPS) is 9.58. The molecule has 0 aliphatic heterocycles. The molecular weight excluding hydrogens is 216 g/mol. The van der Waals surface area contributed by atoms with Crippen molar-refractivity contribution in [1.82, 2.24) is 0 Å². The molecule has 3 heteroatoms. The average Bonchev–Trinajstić information content (AvgIpc) is 2.01. The fourth-order valence-electron chi connectivity index (χ4n) is 1.15. The van der Waals surface area contributed by atoms with E-state index < -0.39 is 0 Å². The zero-order valence-electron chi connectivity index (χ0n) is 7.35. The predicted molar refractivity (Wildman–Crippen MR) is 53.1 cm³/mol. The SMILES string of the molecule is Cc1cc(C)c([N+]#N)c(Br)c1C. The van der Waals surface area contributed by atoms with Gasteiger partial charge in [-0.3, -0.25) is 0 Å². The maximum absolute atomic E-state index is 8.71. The minimum absolute atomic E-state index is 0.623. The maximum atomic E-state index is 8.71. The van der Waals surface area contributed by atoms with Crippen molar-refractivity contribution in [3.8, 4) is 0 Å². The molecule has 0 aliphatic carbocycles. The van der Waals surface area contributed by atoms with Crippen LogP contribution in [-0.4, -0.2) is 0 Å². The van der Waals surface area contributed by atoms with Gasteiger partial charge in [0.1, 0.15) is 4.47 Å². The Bertz CT molecular complexity index is 364. The first-order chi connectivity index (χ1) is 5.57. The van der Waals surface area contributed by atoms with Gasteiger partial charge in [0, 0.05) is 5.56 Å². The highest BCUT2D eigenvalue weighted by Crippen LogP contribution is 2.33. The smallest absolute Gasteiger partial charge is 0.0480 e. The molecule has 0 saturated carbocycles. The second kappa shape index (κ2) is 3.24. The highest BCUT2D eigenvalue weighted by molar-refractivity contribution is 9.10. The van der Waals surface area contributed by atoms with E-state index in [1.807, 2.05) is 26.8 Å². The summed E-state index contributed by atoms with van der Waals surface area (Å²) in [5.41, 5.74) is 3.92. The molecule has 0 unspecified atom stereocenters. The van der Waals surface area contributed by atoms with Crippen LogP contribution in [0.5, 0.6) is 0 Å². The van der Waals surface area contributed by atoms with Crippen LogP contribution >= 0.6 is 15.9 Å². The van der Waals surface area contributed by atoms with Gasteiger partial charge in [0.05, 0.1) is 0 Å². The Morgan fingerprint density at radius 1 is 1.25 bits per heavy atom. The molecule has 0 aliphatic rings. The Labute approximate surface area is 80.4 Å². The second-order valence-electron chi connectivity index (χ2n) is 2.90. The van der Waals surface area contributed by atoms with Crippen LogP contribution in [0.2, 0.25) is 0 Å². The van der Waals surface area contributed by atoms with Gasteiger partial charge in [-0.2, -0.15) is 0 Å². The molecule has 0 saturated heterocycles. The molecule has 0 radical (unpaired) electrons. The minimum atomic E-state index is 0.623. The number of aryl methyl sites for hydroxylation is 2. The van der Waals surface area contributed by atoms with E-state index in [-0.39, 0.29) is 0 Å². The van der Waals surface area contributed by atoms with Crippen LogP contribution < -0.4 is 0 Å². The first-order valence-electron chi connectivity index (χ1n) is 3.69. The molecule has 0 N–H and O–H groups in total. The summed E-state index contributed by atoms with van der Waals surface area (Å²) in [6, 6.07) is 2.01. The van der Waals surface area contributed by atoms with Crippen LogP contribution in [0.15, 0.2) is 10.5 Å². The standard InChI is InChI=1S/C9H10BrN2/c1-5-4-6(2)9(12-11)8(10)7(5)3/h4H,1-3H3/q+1. The van der Waals surface area contributed by atoms with Crippen LogP contribution in [0.1, 0.15) is 16.7 Å². The number of hydrogen-bond acceptors (Lipinski definition) is 1. The minimum Gasteiger partial charge on any atom is -0.0480 e. The van der Waals surface area contributed by atoms with Gasteiger partial charge < -0.3 is 0 Å². The van der Waals surface area contributed by atoms with E-state index in [1.165, 1.54) is 5.56 Å². The quantitative estimate of drug-likeness (QED) is 0.617. The van der Waals surface area contributed by atoms with E-state index in [4.69, 9.17) is 5.39 Å². The molecule has 1 rings (SSSR count). The lowest BCUT2D eigenvalue weighted by molar-refractivity contribution is 1.27. The first kappa shape index (κ1) is 9.21. The largest absolute Gasteiger partial charge is 0.402 e. The highest BCUT2D eigenvalue weighted by Gasteiger charge is 2.18. The van der Waals surface area contributed by atoms with Crippen LogP contribution in [-0.2, 0) is 0 Å². The van der Waals surface area contributed by atoms with E-state index in [0.29, 0.717) is 5.69 Å².